The average Bonchev–Trinajstić information content (AvgIpc) is 2.88. The maximum Gasteiger partial charge on any atom is 0.408 e. The van der Waals surface area contributed by atoms with Gasteiger partial charge in [-0.15, -0.1) is 0 Å². The fourth-order valence-corrected chi connectivity index (χ4v) is 4.19. The number of para-hydroxylation sites is 1. The third-order valence-corrected chi connectivity index (χ3v) is 6.00. The van der Waals surface area contributed by atoms with E-state index in [1.165, 1.54) is 0 Å². The lowest BCUT2D eigenvalue weighted by Crippen LogP contribution is -2.51. The predicted molar refractivity (Wildman–Crippen MR) is 153 cm³/mol. The first kappa shape index (κ1) is 29.0. The number of hydrogen-bond acceptors (Lipinski definition) is 4. The van der Waals surface area contributed by atoms with E-state index in [-0.39, 0.29) is 6.42 Å². The molecule has 7 nitrogen and oxygen atoms in total. The van der Waals surface area contributed by atoms with Crippen LogP contribution < -0.4 is 10.6 Å². The van der Waals surface area contributed by atoms with Gasteiger partial charge in [0.1, 0.15) is 17.7 Å². The molecule has 0 saturated carbocycles. The van der Waals surface area contributed by atoms with E-state index in [1.54, 1.807) is 45.0 Å². The largest absolute Gasteiger partial charge is 0.444 e. The summed E-state index contributed by atoms with van der Waals surface area (Å²) in [6, 6.07) is 23.9. The van der Waals surface area contributed by atoms with Crippen molar-refractivity contribution in [3.8, 4) is 12.5 Å². The Morgan fingerprint density at radius 2 is 1.46 bits per heavy atom. The second kappa shape index (κ2) is 12.8. The van der Waals surface area contributed by atoms with Gasteiger partial charge in [-0.2, -0.15) is 0 Å². The van der Waals surface area contributed by atoms with Gasteiger partial charge in [-0.1, -0.05) is 85.3 Å². The first-order valence-electron chi connectivity index (χ1n) is 12.7. The summed E-state index contributed by atoms with van der Waals surface area (Å²) in [6.45, 7) is 8.99. The summed E-state index contributed by atoms with van der Waals surface area (Å²) < 4.78 is 5.42. The molecule has 0 aliphatic carbocycles. The average molecular weight is 526 g/mol. The molecular weight excluding hydrogens is 490 g/mol. The highest BCUT2D eigenvalue weighted by molar-refractivity contribution is 6.00. The van der Waals surface area contributed by atoms with Gasteiger partial charge in [0.25, 0.3) is 11.8 Å². The van der Waals surface area contributed by atoms with Crippen LogP contribution in [0.15, 0.2) is 78.9 Å². The number of rotatable bonds is 8. The Labute approximate surface area is 230 Å². The van der Waals surface area contributed by atoms with Crippen molar-refractivity contribution in [1.82, 2.24) is 10.2 Å². The van der Waals surface area contributed by atoms with Gasteiger partial charge in [-0.25, -0.2) is 4.79 Å². The number of terminal acetylenes is 1. The van der Waals surface area contributed by atoms with Crippen molar-refractivity contribution in [2.45, 2.75) is 58.7 Å². The minimum absolute atomic E-state index is 0.150. The summed E-state index contributed by atoms with van der Waals surface area (Å²) in [7, 11) is 0. The number of alkyl carbamates (subject to hydrolysis) is 1. The fraction of sp³-hybridized carbons (Fsp3) is 0.281. The van der Waals surface area contributed by atoms with E-state index in [1.807, 2.05) is 68.4 Å². The van der Waals surface area contributed by atoms with Gasteiger partial charge in [0.15, 0.2) is 0 Å². The van der Waals surface area contributed by atoms with Crippen LogP contribution in [0.5, 0.6) is 0 Å². The fourth-order valence-electron chi connectivity index (χ4n) is 4.19. The van der Waals surface area contributed by atoms with Gasteiger partial charge >= 0.3 is 6.09 Å². The molecule has 2 unspecified atom stereocenters. The Balaban J connectivity index is 2.00. The molecule has 0 spiro atoms. The molecule has 0 fully saturated rings. The highest BCUT2D eigenvalue weighted by Crippen LogP contribution is 2.26. The molecule has 0 bridgehead atoms. The Bertz CT molecular complexity index is 1320. The molecule has 3 amide bonds. The number of carbonyl (C=O) groups excluding carboxylic acids is 3. The third-order valence-electron chi connectivity index (χ3n) is 6.00. The standard InChI is InChI=1S/C32H35N3O4/c1-7-35(30(37)26(21-24-17-10-8-11-18-24)33-31(38)39-32(4,5)6)28(25-19-12-9-13-20-25)29(36)34-27-22(2)15-14-16-23(27)3/h1,8-20,26,28H,21H2,2-6H3,(H,33,38)(H,34,36). The Kier molecular flexibility index (Phi) is 9.51. The Morgan fingerprint density at radius 3 is 2.00 bits per heavy atom. The van der Waals surface area contributed by atoms with Gasteiger partial charge in [-0.05, 0) is 56.9 Å². The molecule has 3 rings (SSSR count). The number of nitrogens with zero attached hydrogens (tertiary/aromatic N) is 1. The molecule has 7 heteroatoms. The van der Waals surface area contributed by atoms with Crippen LogP contribution in [0.1, 0.15) is 49.1 Å². The number of nitrogens with one attached hydrogen (secondary N) is 2. The molecule has 3 aromatic rings. The van der Waals surface area contributed by atoms with Gasteiger partial charge in [0.05, 0.1) is 0 Å². The quantitative estimate of drug-likeness (QED) is 0.299. The van der Waals surface area contributed by atoms with E-state index in [9.17, 15) is 14.4 Å². The smallest absolute Gasteiger partial charge is 0.408 e. The van der Waals surface area contributed by atoms with Crippen LogP contribution in [0, 0.1) is 26.3 Å². The van der Waals surface area contributed by atoms with Gasteiger partial charge in [0.2, 0.25) is 0 Å². The van der Waals surface area contributed by atoms with Gasteiger partial charge in [0, 0.05) is 18.2 Å². The van der Waals surface area contributed by atoms with Crippen molar-refractivity contribution < 1.29 is 19.1 Å². The van der Waals surface area contributed by atoms with Crippen LogP contribution in [0.3, 0.4) is 0 Å². The molecule has 0 radical (unpaired) electrons. The zero-order valence-electron chi connectivity index (χ0n) is 23.0. The van der Waals surface area contributed by atoms with Crippen LogP contribution in [0.2, 0.25) is 0 Å². The minimum Gasteiger partial charge on any atom is -0.444 e. The number of aryl methyl sites for hydroxylation is 2. The maximum absolute atomic E-state index is 14.0. The van der Waals surface area contributed by atoms with E-state index in [0.29, 0.717) is 11.3 Å². The number of hydrogen-bond donors (Lipinski definition) is 2. The summed E-state index contributed by atoms with van der Waals surface area (Å²) in [5.41, 5.74) is 2.97. The number of ether oxygens (including phenoxy) is 1. The molecular formula is C32H35N3O4. The van der Waals surface area contributed by atoms with E-state index in [0.717, 1.165) is 21.6 Å². The zero-order chi connectivity index (χ0) is 28.6. The number of carbonyl (C=O) groups is 3. The van der Waals surface area contributed by atoms with Gasteiger partial charge < -0.3 is 15.4 Å². The van der Waals surface area contributed by atoms with E-state index < -0.39 is 35.6 Å². The van der Waals surface area contributed by atoms with Crippen molar-refractivity contribution in [3.63, 3.8) is 0 Å². The van der Waals surface area contributed by atoms with E-state index in [4.69, 9.17) is 11.2 Å². The molecule has 202 valence electrons. The van der Waals surface area contributed by atoms with Crippen LogP contribution in [0.25, 0.3) is 0 Å². The Morgan fingerprint density at radius 1 is 0.897 bits per heavy atom. The Hall–Kier alpha value is -4.57. The first-order chi connectivity index (χ1) is 18.5. The van der Waals surface area contributed by atoms with Crippen molar-refractivity contribution in [1.29, 1.82) is 0 Å². The van der Waals surface area contributed by atoms with Crippen LogP contribution in [-0.2, 0) is 20.7 Å². The molecule has 0 heterocycles. The molecule has 2 atom stereocenters. The van der Waals surface area contributed by atoms with Crippen molar-refractivity contribution >= 4 is 23.6 Å². The zero-order valence-corrected chi connectivity index (χ0v) is 23.0. The minimum atomic E-state index is -1.15. The summed E-state index contributed by atoms with van der Waals surface area (Å²) in [6.07, 6.45) is 5.29. The summed E-state index contributed by atoms with van der Waals surface area (Å²) >= 11 is 0. The normalized spacial score (nSPS) is 12.4. The highest BCUT2D eigenvalue weighted by Gasteiger charge is 2.36. The lowest BCUT2D eigenvalue weighted by molar-refractivity contribution is -0.136. The second-order valence-corrected chi connectivity index (χ2v) is 10.3. The molecule has 0 aromatic heterocycles. The third kappa shape index (κ3) is 7.96. The van der Waals surface area contributed by atoms with Crippen molar-refractivity contribution in [3.05, 3.63) is 101 Å². The van der Waals surface area contributed by atoms with E-state index in [2.05, 4.69) is 16.7 Å². The molecule has 0 aliphatic heterocycles. The predicted octanol–water partition coefficient (Wildman–Crippen LogP) is 5.54. The van der Waals surface area contributed by atoms with Crippen LogP contribution in [-0.4, -0.2) is 34.5 Å². The SMILES string of the molecule is C#CN(C(=O)C(Cc1ccccc1)NC(=O)OC(C)(C)C)C(C(=O)Nc1c(C)cccc1C)c1ccccc1. The first-order valence-corrected chi connectivity index (χ1v) is 12.7. The molecule has 39 heavy (non-hydrogen) atoms. The number of amides is 3. The highest BCUT2D eigenvalue weighted by atomic mass is 16.6. The number of benzene rings is 3. The number of anilines is 1. The topological polar surface area (TPSA) is 87.7 Å². The second-order valence-electron chi connectivity index (χ2n) is 10.3. The molecule has 0 saturated heterocycles. The van der Waals surface area contributed by atoms with Crippen LogP contribution in [0.4, 0.5) is 10.5 Å². The van der Waals surface area contributed by atoms with Crippen LogP contribution >= 0.6 is 0 Å². The lowest BCUT2D eigenvalue weighted by Gasteiger charge is -2.30. The molecule has 2 N–H and O–H groups in total. The summed E-state index contributed by atoms with van der Waals surface area (Å²) in [5.74, 6) is -1.08. The van der Waals surface area contributed by atoms with E-state index >= 15 is 0 Å². The van der Waals surface area contributed by atoms with Gasteiger partial charge in [-0.3, -0.25) is 14.5 Å². The molecule has 0 aliphatic rings. The maximum atomic E-state index is 14.0. The molecule has 3 aromatic carbocycles. The van der Waals surface area contributed by atoms with Crippen molar-refractivity contribution in [2.24, 2.45) is 0 Å². The lowest BCUT2D eigenvalue weighted by atomic mass is 10.0. The monoisotopic (exact) mass is 525 g/mol. The van der Waals surface area contributed by atoms with Crippen molar-refractivity contribution in [2.75, 3.05) is 5.32 Å². The summed E-state index contributed by atoms with van der Waals surface area (Å²) in [5, 5.41) is 5.64. The summed E-state index contributed by atoms with van der Waals surface area (Å²) in [4.78, 5) is 41.6.